The number of benzene rings is 7. The number of aromatic nitrogens is 1. The SMILES string of the molecule is C1=C(c2cccc3ccccc23)NC(c2cccc3c2sc2c3ccc3c4ccccc4n(-c4ccccc4)c32)N=C1c1ccccc1. The fourth-order valence-electron chi connectivity index (χ4n) is 7.45. The van der Waals surface area contributed by atoms with Gasteiger partial charge in [0.25, 0.3) is 0 Å². The molecule has 0 amide bonds. The number of allylic oxidation sites excluding steroid dienone is 1. The molecule has 1 atom stereocenters. The molecule has 0 radical (unpaired) electrons. The molecule has 1 unspecified atom stereocenters. The first kappa shape index (κ1) is 27.2. The van der Waals surface area contributed by atoms with Crippen molar-refractivity contribution in [3.8, 4) is 5.69 Å². The normalized spacial score (nSPS) is 14.9. The van der Waals surface area contributed by atoms with Gasteiger partial charge >= 0.3 is 0 Å². The topological polar surface area (TPSA) is 29.3 Å². The van der Waals surface area contributed by atoms with Gasteiger partial charge in [0.2, 0.25) is 0 Å². The number of hydrogen-bond donors (Lipinski definition) is 1. The molecule has 10 rings (SSSR count). The van der Waals surface area contributed by atoms with E-state index in [0.717, 1.165) is 17.0 Å². The third-order valence-electron chi connectivity index (χ3n) is 9.63. The number of aliphatic imine (C=N–C) groups is 1. The van der Waals surface area contributed by atoms with Crippen molar-refractivity contribution < 1.29 is 0 Å². The third kappa shape index (κ3) is 4.16. The maximum Gasteiger partial charge on any atom is 0.146 e. The molecule has 7 aromatic carbocycles. The first-order valence-electron chi connectivity index (χ1n) is 16.3. The van der Waals surface area contributed by atoms with Crippen molar-refractivity contribution in [1.29, 1.82) is 0 Å². The van der Waals surface area contributed by atoms with Gasteiger partial charge in [0.15, 0.2) is 0 Å². The Morgan fingerprint density at radius 3 is 2.08 bits per heavy atom. The van der Waals surface area contributed by atoms with E-state index < -0.39 is 0 Å². The molecule has 0 spiro atoms. The number of rotatable bonds is 4. The maximum absolute atomic E-state index is 5.39. The Bertz CT molecular complexity index is 2750. The molecular weight excluding hydrogens is 603 g/mol. The highest BCUT2D eigenvalue weighted by molar-refractivity contribution is 7.26. The number of nitrogens with one attached hydrogen (secondary N) is 1. The highest BCUT2D eigenvalue weighted by Crippen LogP contribution is 2.45. The van der Waals surface area contributed by atoms with Crippen LogP contribution < -0.4 is 5.32 Å². The van der Waals surface area contributed by atoms with E-state index in [1.807, 2.05) is 11.3 Å². The Hall–Kier alpha value is -5.97. The highest BCUT2D eigenvalue weighted by atomic mass is 32.1. The minimum Gasteiger partial charge on any atom is -0.359 e. The monoisotopic (exact) mass is 631 g/mol. The van der Waals surface area contributed by atoms with Gasteiger partial charge in [0, 0.05) is 48.8 Å². The molecule has 1 aliphatic heterocycles. The van der Waals surface area contributed by atoms with Gasteiger partial charge in [-0.25, -0.2) is 0 Å². The van der Waals surface area contributed by atoms with Crippen LogP contribution in [0.3, 0.4) is 0 Å². The maximum atomic E-state index is 5.39. The summed E-state index contributed by atoms with van der Waals surface area (Å²) in [5.74, 6) is 0. The Labute approximate surface area is 281 Å². The van der Waals surface area contributed by atoms with Crippen molar-refractivity contribution in [1.82, 2.24) is 9.88 Å². The molecule has 2 aromatic heterocycles. The van der Waals surface area contributed by atoms with Gasteiger partial charge in [-0.3, -0.25) is 4.99 Å². The highest BCUT2D eigenvalue weighted by Gasteiger charge is 2.25. The second-order valence-corrected chi connectivity index (χ2v) is 13.4. The third-order valence-corrected chi connectivity index (χ3v) is 10.9. The molecule has 226 valence electrons. The molecule has 4 heteroatoms. The summed E-state index contributed by atoms with van der Waals surface area (Å²) in [6.45, 7) is 0. The van der Waals surface area contributed by atoms with Crippen molar-refractivity contribution in [2.45, 2.75) is 6.17 Å². The molecule has 0 fully saturated rings. The molecule has 0 aliphatic carbocycles. The second-order valence-electron chi connectivity index (χ2n) is 12.4. The van der Waals surface area contributed by atoms with Crippen LogP contribution in [0, 0.1) is 0 Å². The fraction of sp³-hybridized carbons (Fsp3) is 0.0227. The van der Waals surface area contributed by atoms with Gasteiger partial charge in [0.1, 0.15) is 6.17 Å². The molecule has 3 heterocycles. The zero-order valence-electron chi connectivity index (χ0n) is 26.0. The molecule has 48 heavy (non-hydrogen) atoms. The van der Waals surface area contributed by atoms with Crippen LogP contribution in [0.2, 0.25) is 0 Å². The van der Waals surface area contributed by atoms with Crippen molar-refractivity contribution in [2.75, 3.05) is 0 Å². The van der Waals surface area contributed by atoms with Gasteiger partial charge in [-0.05, 0) is 40.6 Å². The van der Waals surface area contributed by atoms with Crippen LogP contribution in [0.25, 0.3) is 64.1 Å². The molecule has 0 bridgehead atoms. The largest absolute Gasteiger partial charge is 0.359 e. The van der Waals surface area contributed by atoms with Crippen LogP contribution >= 0.6 is 11.3 Å². The zero-order chi connectivity index (χ0) is 31.6. The number of fused-ring (bicyclic) bond motifs is 8. The average molecular weight is 632 g/mol. The summed E-state index contributed by atoms with van der Waals surface area (Å²) in [5.41, 5.74) is 9.18. The van der Waals surface area contributed by atoms with Crippen molar-refractivity contribution >= 4 is 75.5 Å². The van der Waals surface area contributed by atoms with Gasteiger partial charge < -0.3 is 9.88 Å². The summed E-state index contributed by atoms with van der Waals surface area (Å²) in [6.07, 6.45) is 1.95. The lowest BCUT2D eigenvalue weighted by molar-refractivity contribution is 0.670. The first-order chi connectivity index (χ1) is 23.8. The standard InChI is InChI=1S/C44H29N3S/c1-3-14-29(15-4-1)38-27-39(32-21-11-16-28-13-7-8-19-31(28)32)46-44(45-38)37-23-12-22-35-36-26-25-34-33-20-9-10-24-40(33)47(30-17-5-2-6-18-30)41(34)43(36)48-42(35)37/h1-27,44,46H. The zero-order valence-corrected chi connectivity index (χ0v) is 26.8. The lowest BCUT2D eigenvalue weighted by Gasteiger charge is -2.26. The smallest absolute Gasteiger partial charge is 0.146 e. The minimum absolute atomic E-state index is 0.258. The Morgan fingerprint density at radius 1 is 0.542 bits per heavy atom. The van der Waals surface area contributed by atoms with Gasteiger partial charge in [0.05, 0.1) is 21.4 Å². The number of nitrogens with zero attached hydrogens (tertiary/aromatic N) is 2. The van der Waals surface area contributed by atoms with Crippen LogP contribution in [0.15, 0.2) is 169 Å². The molecule has 0 saturated heterocycles. The van der Waals surface area contributed by atoms with Crippen LogP contribution in [-0.4, -0.2) is 10.3 Å². The van der Waals surface area contributed by atoms with Crippen molar-refractivity contribution in [2.24, 2.45) is 4.99 Å². The van der Waals surface area contributed by atoms with Crippen molar-refractivity contribution in [3.05, 3.63) is 180 Å². The Balaban J connectivity index is 1.21. The Kier molecular flexibility index (Phi) is 6.11. The van der Waals surface area contributed by atoms with Crippen LogP contribution in [0.5, 0.6) is 0 Å². The predicted molar refractivity (Wildman–Crippen MR) is 204 cm³/mol. The van der Waals surface area contributed by atoms with E-state index in [1.165, 1.54) is 69.6 Å². The van der Waals surface area contributed by atoms with E-state index in [-0.39, 0.29) is 6.17 Å². The van der Waals surface area contributed by atoms with E-state index in [1.54, 1.807) is 0 Å². The lowest BCUT2D eigenvalue weighted by Crippen LogP contribution is -2.25. The van der Waals surface area contributed by atoms with Gasteiger partial charge in [-0.15, -0.1) is 11.3 Å². The van der Waals surface area contributed by atoms with Crippen molar-refractivity contribution in [3.63, 3.8) is 0 Å². The predicted octanol–water partition coefficient (Wildman–Crippen LogP) is 11.4. The number of para-hydroxylation sites is 2. The molecule has 1 N–H and O–H groups in total. The lowest BCUT2D eigenvalue weighted by atomic mass is 9.97. The van der Waals surface area contributed by atoms with E-state index in [9.17, 15) is 0 Å². The molecule has 0 saturated carbocycles. The first-order valence-corrected chi connectivity index (χ1v) is 17.2. The Morgan fingerprint density at radius 2 is 1.21 bits per heavy atom. The minimum atomic E-state index is -0.258. The average Bonchev–Trinajstić information content (AvgIpc) is 3.71. The molecule has 1 aliphatic rings. The van der Waals surface area contributed by atoms with Gasteiger partial charge in [-0.2, -0.15) is 0 Å². The van der Waals surface area contributed by atoms with Gasteiger partial charge in [-0.1, -0.05) is 140 Å². The summed E-state index contributed by atoms with van der Waals surface area (Å²) < 4.78 is 4.99. The van der Waals surface area contributed by atoms with Crippen LogP contribution in [0.1, 0.15) is 22.9 Å². The summed E-state index contributed by atoms with van der Waals surface area (Å²) in [6, 6.07) is 56.5. The second kappa shape index (κ2) is 10.8. The fourth-order valence-corrected chi connectivity index (χ4v) is 8.83. The van der Waals surface area contributed by atoms with E-state index in [0.29, 0.717) is 0 Å². The summed E-state index contributed by atoms with van der Waals surface area (Å²) in [4.78, 5) is 5.39. The molecular formula is C44H29N3S. The quantitative estimate of drug-likeness (QED) is 0.206. The number of hydrogen-bond acceptors (Lipinski definition) is 3. The molecule has 9 aromatic rings. The van der Waals surface area contributed by atoms with Crippen LogP contribution in [-0.2, 0) is 0 Å². The summed E-state index contributed by atoms with van der Waals surface area (Å²) >= 11 is 1.88. The van der Waals surface area contributed by atoms with E-state index in [4.69, 9.17) is 4.99 Å². The van der Waals surface area contributed by atoms with Crippen LogP contribution in [0.4, 0.5) is 0 Å². The summed E-state index contributed by atoms with van der Waals surface area (Å²) in [5, 5.41) is 11.4. The number of thiophene rings is 1. The summed E-state index contributed by atoms with van der Waals surface area (Å²) in [7, 11) is 0. The van der Waals surface area contributed by atoms with E-state index >= 15 is 0 Å². The van der Waals surface area contributed by atoms with E-state index in [2.05, 4.69) is 174 Å². The molecule has 3 nitrogen and oxygen atoms in total.